The van der Waals surface area contributed by atoms with Gasteiger partial charge in [-0.3, -0.25) is 14.4 Å². The van der Waals surface area contributed by atoms with Gasteiger partial charge >= 0.3 is 5.97 Å². The second-order valence-electron chi connectivity index (χ2n) is 3.83. The van der Waals surface area contributed by atoms with E-state index in [1.165, 1.54) is 0 Å². The highest BCUT2D eigenvalue weighted by Crippen LogP contribution is 2.01. The lowest BCUT2D eigenvalue weighted by molar-refractivity contribution is -0.201. The smallest absolute Gasteiger partial charge is 0.333 e. The summed E-state index contributed by atoms with van der Waals surface area (Å²) in [5, 5.41) is 3.07. The van der Waals surface area contributed by atoms with E-state index in [0.717, 1.165) is 6.92 Å². The molecule has 0 aliphatic heterocycles. The molecule has 0 radical (unpaired) electrons. The van der Waals surface area contributed by atoms with Crippen LogP contribution in [0.5, 0.6) is 0 Å². The SMILES string of the molecule is CCC(=O)NCCCC(=O)ON(C(C)=O)C(=O)CC. The molecule has 0 fully saturated rings. The average molecular weight is 272 g/mol. The van der Waals surface area contributed by atoms with Crippen molar-refractivity contribution in [2.45, 2.75) is 46.5 Å². The predicted octanol–water partition coefficient (Wildman–Crippen LogP) is 0.536. The maximum atomic E-state index is 11.4. The van der Waals surface area contributed by atoms with E-state index >= 15 is 0 Å². The number of hydrogen-bond donors (Lipinski definition) is 1. The van der Waals surface area contributed by atoms with E-state index < -0.39 is 17.8 Å². The fourth-order valence-electron chi connectivity index (χ4n) is 1.17. The molecule has 0 saturated carbocycles. The van der Waals surface area contributed by atoms with Crippen molar-refractivity contribution in [3.63, 3.8) is 0 Å². The molecule has 19 heavy (non-hydrogen) atoms. The summed E-state index contributed by atoms with van der Waals surface area (Å²) in [5.74, 6) is -1.98. The van der Waals surface area contributed by atoms with E-state index in [0.29, 0.717) is 24.4 Å². The fourth-order valence-corrected chi connectivity index (χ4v) is 1.17. The maximum absolute atomic E-state index is 11.4. The molecule has 0 rings (SSSR count). The monoisotopic (exact) mass is 272 g/mol. The van der Waals surface area contributed by atoms with Crippen molar-refractivity contribution in [2.24, 2.45) is 0 Å². The second kappa shape index (κ2) is 9.07. The number of nitrogens with one attached hydrogen (secondary N) is 1. The number of imide groups is 1. The number of hydrogen-bond acceptors (Lipinski definition) is 5. The molecule has 7 nitrogen and oxygen atoms in total. The Balaban J connectivity index is 4.04. The van der Waals surface area contributed by atoms with Gasteiger partial charge in [0.2, 0.25) is 5.91 Å². The zero-order chi connectivity index (χ0) is 14.8. The maximum Gasteiger partial charge on any atom is 0.333 e. The molecule has 0 heterocycles. The van der Waals surface area contributed by atoms with Gasteiger partial charge in [0.25, 0.3) is 11.8 Å². The van der Waals surface area contributed by atoms with Crippen LogP contribution in [0, 0.1) is 0 Å². The van der Waals surface area contributed by atoms with Gasteiger partial charge in [-0.25, -0.2) is 4.79 Å². The van der Waals surface area contributed by atoms with Gasteiger partial charge in [-0.2, -0.15) is 0 Å². The first-order chi connectivity index (χ1) is 8.92. The Bertz CT molecular complexity index is 354. The molecule has 0 aromatic carbocycles. The summed E-state index contributed by atoms with van der Waals surface area (Å²) in [5.41, 5.74) is 0. The lowest BCUT2D eigenvalue weighted by Gasteiger charge is -2.16. The number of carbonyl (C=O) groups is 4. The van der Waals surface area contributed by atoms with E-state index in [-0.39, 0.29) is 18.7 Å². The van der Waals surface area contributed by atoms with Crippen LogP contribution >= 0.6 is 0 Å². The van der Waals surface area contributed by atoms with Crippen LogP contribution in [-0.2, 0) is 24.0 Å². The molecule has 0 spiro atoms. The first-order valence-corrected chi connectivity index (χ1v) is 6.23. The minimum absolute atomic E-state index is 0.0186. The standard InChI is InChI=1S/C12H20N2O5/c1-4-10(16)13-8-6-7-12(18)19-14(9(3)15)11(17)5-2/h4-8H2,1-3H3,(H,13,16). The lowest BCUT2D eigenvalue weighted by Crippen LogP contribution is -2.37. The van der Waals surface area contributed by atoms with Crippen LogP contribution in [0.1, 0.15) is 46.5 Å². The molecule has 3 amide bonds. The largest absolute Gasteiger partial charge is 0.356 e. The van der Waals surface area contributed by atoms with Crippen LogP contribution in [0.25, 0.3) is 0 Å². The lowest BCUT2D eigenvalue weighted by atomic mass is 10.3. The molecule has 0 saturated heterocycles. The molecule has 0 atom stereocenters. The molecular formula is C12H20N2O5. The minimum Gasteiger partial charge on any atom is -0.356 e. The fraction of sp³-hybridized carbons (Fsp3) is 0.667. The van der Waals surface area contributed by atoms with E-state index in [9.17, 15) is 19.2 Å². The summed E-state index contributed by atoms with van der Waals surface area (Å²) in [6, 6.07) is 0. The number of carbonyl (C=O) groups excluding carboxylic acids is 4. The summed E-state index contributed by atoms with van der Waals surface area (Å²) >= 11 is 0. The van der Waals surface area contributed by atoms with Crippen LogP contribution in [0.2, 0.25) is 0 Å². The van der Waals surface area contributed by atoms with Crippen LogP contribution in [-0.4, -0.2) is 35.3 Å². The van der Waals surface area contributed by atoms with Gasteiger partial charge in [-0.1, -0.05) is 13.8 Å². The topological polar surface area (TPSA) is 92.8 Å². The Hall–Kier alpha value is -1.92. The Kier molecular flexibility index (Phi) is 8.15. The third-order valence-corrected chi connectivity index (χ3v) is 2.21. The van der Waals surface area contributed by atoms with Crippen molar-refractivity contribution in [3.8, 4) is 0 Å². The van der Waals surface area contributed by atoms with Crippen molar-refractivity contribution in [1.29, 1.82) is 0 Å². The third kappa shape index (κ3) is 7.17. The molecule has 0 aliphatic carbocycles. The van der Waals surface area contributed by atoms with Crippen molar-refractivity contribution >= 4 is 23.7 Å². The molecule has 7 heteroatoms. The average Bonchev–Trinajstić information content (AvgIpc) is 2.39. The summed E-state index contributed by atoms with van der Waals surface area (Å²) in [6.07, 6.45) is 0.856. The molecule has 1 N–H and O–H groups in total. The minimum atomic E-state index is -0.678. The predicted molar refractivity (Wildman–Crippen MR) is 66.4 cm³/mol. The van der Waals surface area contributed by atoms with Crippen LogP contribution in [0.15, 0.2) is 0 Å². The molecule has 0 unspecified atom stereocenters. The van der Waals surface area contributed by atoms with Gasteiger partial charge in [0, 0.05) is 32.7 Å². The summed E-state index contributed by atoms with van der Waals surface area (Å²) < 4.78 is 0. The van der Waals surface area contributed by atoms with Gasteiger partial charge in [-0.05, 0) is 6.42 Å². The first kappa shape index (κ1) is 17.1. The zero-order valence-corrected chi connectivity index (χ0v) is 11.5. The molecule has 108 valence electrons. The van der Waals surface area contributed by atoms with Gasteiger partial charge in [0.05, 0.1) is 0 Å². The Morgan fingerprint density at radius 2 is 1.74 bits per heavy atom. The van der Waals surface area contributed by atoms with Crippen LogP contribution in [0.3, 0.4) is 0 Å². The Morgan fingerprint density at radius 3 is 2.21 bits per heavy atom. The van der Waals surface area contributed by atoms with E-state index in [2.05, 4.69) is 10.2 Å². The van der Waals surface area contributed by atoms with E-state index in [1.54, 1.807) is 13.8 Å². The van der Waals surface area contributed by atoms with Crippen molar-refractivity contribution in [1.82, 2.24) is 10.4 Å². The van der Waals surface area contributed by atoms with E-state index in [4.69, 9.17) is 0 Å². The first-order valence-electron chi connectivity index (χ1n) is 6.23. The molecule has 0 aromatic heterocycles. The third-order valence-electron chi connectivity index (χ3n) is 2.21. The summed E-state index contributed by atoms with van der Waals surface area (Å²) in [6.45, 7) is 4.78. The van der Waals surface area contributed by atoms with Crippen molar-refractivity contribution < 1.29 is 24.0 Å². The zero-order valence-electron chi connectivity index (χ0n) is 11.5. The Labute approximate surface area is 112 Å². The van der Waals surface area contributed by atoms with Gasteiger partial charge in [0.1, 0.15) is 0 Å². The molecule has 0 aliphatic rings. The number of amides is 3. The van der Waals surface area contributed by atoms with Crippen LogP contribution in [0.4, 0.5) is 0 Å². The highest BCUT2D eigenvalue weighted by molar-refractivity contribution is 5.93. The molecule has 0 bridgehead atoms. The highest BCUT2D eigenvalue weighted by atomic mass is 16.7. The molecule has 0 aromatic rings. The van der Waals surface area contributed by atoms with Gasteiger partial charge in [-0.15, -0.1) is 5.06 Å². The molecular weight excluding hydrogens is 252 g/mol. The number of nitrogens with zero attached hydrogens (tertiary/aromatic N) is 1. The van der Waals surface area contributed by atoms with Crippen molar-refractivity contribution in [3.05, 3.63) is 0 Å². The van der Waals surface area contributed by atoms with Gasteiger partial charge < -0.3 is 10.2 Å². The van der Waals surface area contributed by atoms with Crippen molar-refractivity contribution in [2.75, 3.05) is 6.54 Å². The quantitative estimate of drug-likeness (QED) is 0.562. The summed E-state index contributed by atoms with van der Waals surface area (Å²) in [4.78, 5) is 49.4. The Morgan fingerprint density at radius 1 is 1.11 bits per heavy atom. The number of rotatable bonds is 6. The number of hydroxylamine groups is 2. The summed E-state index contributed by atoms with van der Waals surface area (Å²) in [7, 11) is 0. The van der Waals surface area contributed by atoms with E-state index in [1.807, 2.05) is 0 Å². The van der Waals surface area contributed by atoms with Crippen LogP contribution < -0.4 is 5.32 Å². The normalized spacial score (nSPS) is 9.63. The highest BCUT2D eigenvalue weighted by Gasteiger charge is 2.21. The van der Waals surface area contributed by atoms with Gasteiger partial charge in [0.15, 0.2) is 0 Å². The second-order valence-corrected chi connectivity index (χ2v) is 3.83.